The highest BCUT2D eigenvalue weighted by molar-refractivity contribution is 7.99. The quantitative estimate of drug-likeness (QED) is 0.433. The van der Waals surface area contributed by atoms with Crippen LogP contribution in [0.15, 0.2) is 53.7 Å². The normalized spacial score (nSPS) is 11.3. The number of rotatable bonds is 7. The SMILES string of the molecule is O=C(CSc1nnnn1-c1ccc(OC(F)(F)Cl)cc1)Nc1ccccc1Cl. The lowest BCUT2D eigenvalue weighted by Crippen LogP contribution is -2.15. The van der Waals surface area contributed by atoms with Crippen LogP contribution < -0.4 is 10.1 Å². The molecule has 0 fully saturated rings. The molecule has 0 aliphatic heterocycles. The van der Waals surface area contributed by atoms with Crippen molar-refractivity contribution < 1.29 is 18.3 Å². The number of hydrogen-bond donors (Lipinski definition) is 1. The largest absolute Gasteiger partial charge is 0.487 e. The van der Waals surface area contributed by atoms with E-state index in [2.05, 4.69) is 25.6 Å². The third-order valence-corrected chi connectivity index (χ3v) is 4.56. The van der Waals surface area contributed by atoms with E-state index in [1.165, 1.54) is 28.9 Å². The fourth-order valence-corrected chi connectivity index (χ4v) is 3.06. The number of thioether (sulfide) groups is 1. The molecule has 0 bridgehead atoms. The Labute approximate surface area is 172 Å². The van der Waals surface area contributed by atoms with Crippen LogP contribution in [0.2, 0.25) is 5.02 Å². The number of nitrogens with zero attached hydrogens (tertiary/aromatic N) is 4. The summed E-state index contributed by atoms with van der Waals surface area (Å²) in [5.74, 6) is -0.378. The van der Waals surface area contributed by atoms with Crippen molar-refractivity contribution in [2.45, 2.75) is 10.7 Å². The summed E-state index contributed by atoms with van der Waals surface area (Å²) < 4.78 is 30.9. The van der Waals surface area contributed by atoms with Gasteiger partial charge >= 0.3 is 5.57 Å². The van der Waals surface area contributed by atoms with Crippen LogP contribution in [-0.2, 0) is 4.79 Å². The molecular weight excluding hydrogens is 435 g/mol. The standard InChI is InChI=1S/C16H11Cl2F2N5O2S/c17-12-3-1-2-4-13(12)21-14(26)9-28-15-22-23-24-25(15)10-5-7-11(8-6-10)27-16(18,19)20/h1-8H,9H2,(H,21,26). The predicted octanol–water partition coefficient (Wildman–Crippen LogP) is 4.21. The van der Waals surface area contributed by atoms with Crippen molar-refractivity contribution in [3.05, 3.63) is 53.6 Å². The molecule has 1 heterocycles. The number of nitrogens with one attached hydrogen (secondary N) is 1. The maximum absolute atomic E-state index is 12.7. The van der Waals surface area contributed by atoms with Crippen molar-refractivity contribution in [3.8, 4) is 11.4 Å². The van der Waals surface area contributed by atoms with Gasteiger partial charge in [-0.15, -0.1) is 13.9 Å². The molecule has 146 valence electrons. The summed E-state index contributed by atoms with van der Waals surface area (Å²) in [4.78, 5) is 12.1. The Kier molecular flexibility index (Phi) is 6.32. The Morgan fingerprint density at radius 2 is 1.93 bits per heavy atom. The van der Waals surface area contributed by atoms with Crippen LogP contribution in [-0.4, -0.2) is 37.4 Å². The minimum Gasteiger partial charge on any atom is -0.420 e. The first kappa shape index (κ1) is 20.3. The molecule has 7 nitrogen and oxygen atoms in total. The molecule has 0 spiro atoms. The number of ether oxygens (including phenoxy) is 1. The molecule has 1 N–H and O–H groups in total. The third kappa shape index (κ3) is 5.54. The highest BCUT2D eigenvalue weighted by Crippen LogP contribution is 2.27. The lowest BCUT2D eigenvalue weighted by Gasteiger charge is -2.11. The van der Waals surface area contributed by atoms with Crippen LogP contribution in [0.5, 0.6) is 5.75 Å². The number of anilines is 1. The second-order valence-corrected chi connectivity index (χ2v) is 7.02. The van der Waals surface area contributed by atoms with E-state index in [-0.39, 0.29) is 17.4 Å². The number of alkyl halides is 3. The van der Waals surface area contributed by atoms with Gasteiger partial charge in [-0.1, -0.05) is 35.5 Å². The number of para-hydroxylation sites is 1. The molecule has 0 atom stereocenters. The number of aromatic nitrogens is 4. The maximum Gasteiger partial charge on any atom is 0.487 e. The minimum atomic E-state index is -3.80. The molecule has 0 radical (unpaired) electrons. The van der Waals surface area contributed by atoms with Crippen molar-refractivity contribution in [1.29, 1.82) is 0 Å². The summed E-state index contributed by atoms with van der Waals surface area (Å²) in [6.07, 6.45) is 0. The molecule has 0 aliphatic carbocycles. The average Bonchev–Trinajstić information content (AvgIpc) is 3.10. The molecule has 1 amide bonds. The van der Waals surface area contributed by atoms with Crippen molar-refractivity contribution in [1.82, 2.24) is 20.2 Å². The molecule has 0 saturated carbocycles. The van der Waals surface area contributed by atoms with Gasteiger partial charge in [0.05, 0.1) is 22.2 Å². The number of amides is 1. The van der Waals surface area contributed by atoms with Gasteiger partial charge < -0.3 is 10.1 Å². The summed E-state index contributed by atoms with van der Waals surface area (Å²) in [5.41, 5.74) is -2.81. The fourth-order valence-electron chi connectivity index (χ4n) is 2.10. The number of halogens is 4. The first-order valence-electron chi connectivity index (χ1n) is 7.63. The topological polar surface area (TPSA) is 81.9 Å². The van der Waals surface area contributed by atoms with Crippen LogP contribution in [0.4, 0.5) is 14.5 Å². The van der Waals surface area contributed by atoms with Gasteiger partial charge in [-0.05, 0) is 46.8 Å². The molecule has 0 unspecified atom stereocenters. The molecular formula is C16H11Cl2F2N5O2S. The Bertz CT molecular complexity index is 966. The van der Waals surface area contributed by atoms with E-state index >= 15 is 0 Å². The van der Waals surface area contributed by atoms with E-state index in [1.807, 2.05) is 0 Å². The van der Waals surface area contributed by atoms with Crippen molar-refractivity contribution >= 4 is 46.6 Å². The van der Waals surface area contributed by atoms with Gasteiger partial charge in [0.15, 0.2) is 0 Å². The van der Waals surface area contributed by atoms with Crippen molar-refractivity contribution in [3.63, 3.8) is 0 Å². The van der Waals surface area contributed by atoms with Crippen molar-refractivity contribution in [2.75, 3.05) is 11.1 Å². The third-order valence-electron chi connectivity index (χ3n) is 3.24. The van der Waals surface area contributed by atoms with Gasteiger partial charge in [-0.2, -0.15) is 4.68 Å². The van der Waals surface area contributed by atoms with E-state index in [9.17, 15) is 13.6 Å². The Morgan fingerprint density at radius 1 is 1.21 bits per heavy atom. The average molecular weight is 446 g/mol. The van der Waals surface area contributed by atoms with Gasteiger partial charge in [0, 0.05) is 11.6 Å². The minimum absolute atomic E-state index is 0.0330. The molecule has 0 aliphatic rings. The molecule has 12 heteroatoms. The lowest BCUT2D eigenvalue weighted by molar-refractivity contribution is -0.113. The number of hydrogen-bond acceptors (Lipinski definition) is 6. The van der Waals surface area contributed by atoms with E-state index in [1.54, 1.807) is 24.3 Å². The molecule has 2 aromatic carbocycles. The number of benzene rings is 2. The van der Waals surface area contributed by atoms with Crippen LogP contribution >= 0.6 is 35.0 Å². The smallest absolute Gasteiger partial charge is 0.420 e. The summed E-state index contributed by atoms with van der Waals surface area (Å²) in [7, 11) is 0. The predicted molar refractivity (Wildman–Crippen MR) is 101 cm³/mol. The van der Waals surface area contributed by atoms with Gasteiger partial charge in [-0.3, -0.25) is 4.79 Å². The summed E-state index contributed by atoms with van der Waals surface area (Å²) in [5, 5.41) is 14.7. The van der Waals surface area contributed by atoms with Crippen LogP contribution in [0.25, 0.3) is 5.69 Å². The van der Waals surface area contributed by atoms with Gasteiger partial charge in [0.1, 0.15) is 5.75 Å². The highest BCUT2D eigenvalue weighted by Gasteiger charge is 2.27. The second-order valence-electron chi connectivity index (χ2n) is 5.23. The van der Waals surface area contributed by atoms with Crippen LogP contribution in [0.3, 0.4) is 0 Å². The number of tetrazole rings is 1. The number of carbonyl (C=O) groups is 1. The summed E-state index contributed by atoms with van der Waals surface area (Å²) in [6.45, 7) is 0. The Morgan fingerprint density at radius 3 is 2.61 bits per heavy atom. The zero-order chi connectivity index (χ0) is 20.1. The van der Waals surface area contributed by atoms with E-state index in [0.29, 0.717) is 21.6 Å². The highest BCUT2D eigenvalue weighted by atomic mass is 35.5. The molecule has 0 saturated heterocycles. The van der Waals surface area contributed by atoms with Gasteiger partial charge in [0.25, 0.3) is 0 Å². The molecule has 3 rings (SSSR count). The zero-order valence-corrected chi connectivity index (χ0v) is 16.2. The first-order chi connectivity index (χ1) is 13.3. The summed E-state index contributed by atoms with van der Waals surface area (Å²) in [6, 6.07) is 12.4. The van der Waals surface area contributed by atoms with E-state index in [4.69, 9.17) is 23.2 Å². The van der Waals surface area contributed by atoms with Gasteiger partial charge in [0.2, 0.25) is 11.1 Å². The Balaban J connectivity index is 1.64. The Hall–Kier alpha value is -2.43. The molecule has 1 aromatic heterocycles. The van der Waals surface area contributed by atoms with Gasteiger partial charge in [-0.25, -0.2) is 0 Å². The fraction of sp³-hybridized carbons (Fsp3) is 0.125. The number of carbonyl (C=O) groups excluding carboxylic acids is 1. The monoisotopic (exact) mass is 445 g/mol. The van der Waals surface area contributed by atoms with Crippen LogP contribution in [0.1, 0.15) is 0 Å². The van der Waals surface area contributed by atoms with Crippen molar-refractivity contribution in [2.24, 2.45) is 0 Å². The second kappa shape index (κ2) is 8.72. The first-order valence-corrected chi connectivity index (χ1v) is 9.38. The molecule has 3 aromatic rings. The molecule has 28 heavy (non-hydrogen) atoms. The van der Waals surface area contributed by atoms with Crippen LogP contribution in [0, 0.1) is 0 Å². The maximum atomic E-state index is 12.7. The van der Waals surface area contributed by atoms with E-state index < -0.39 is 5.57 Å². The lowest BCUT2D eigenvalue weighted by atomic mass is 10.3. The summed E-state index contributed by atoms with van der Waals surface area (Å²) >= 11 is 11.8. The van der Waals surface area contributed by atoms with E-state index in [0.717, 1.165) is 11.8 Å². The zero-order valence-electron chi connectivity index (χ0n) is 13.9.